The predicted molar refractivity (Wildman–Crippen MR) is 57.8 cm³/mol. The first kappa shape index (κ1) is 9.22. The van der Waals surface area contributed by atoms with Gasteiger partial charge in [0, 0.05) is 12.0 Å². The van der Waals surface area contributed by atoms with Gasteiger partial charge in [0.1, 0.15) is 11.4 Å². The molecule has 1 saturated carbocycles. The fraction of sp³-hybridized carbons (Fsp3) is 0.538. The van der Waals surface area contributed by atoms with Gasteiger partial charge in [0.05, 0.1) is 6.10 Å². The van der Waals surface area contributed by atoms with Crippen LogP contribution in [0.4, 0.5) is 0 Å². The molecular weight excluding hydrogens is 188 g/mol. The topological polar surface area (TPSA) is 29.5 Å². The molecule has 3 rings (SSSR count). The van der Waals surface area contributed by atoms with Crippen LogP contribution >= 0.6 is 0 Å². The zero-order valence-electron chi connectivity index (χ0n) is 8.78. The highest BCUT2D eigenvalue weighted by Crippen LogP contribution is 2.46. The smallest absolute Gasteiger partial charge is 0.125 e. The minimum atomic E-state index is -0.340. The normalized spacial score (nSPS) is 27.4. The third kappa shape index (κ3) is 1.44. The van der Waals surface area contributed by atoms with Crippen molar-refractivity contribution in [1.82, 2.24) is 0 Å². The number of aliphatic hydroxyl groups excluding tert-OH is 1. The Kier molecular flexibility index (Phi) is 1.99. The molecule has 1 aliphatic heterocycles. The molecule has 0 bridgehead atoms. The number of benzene rings is 1. The second-order valence-electron chi connectivity index (χ2n) is 4.75. The van der Waals surface area contributed by atoms with Crippen molar-refractivity contribution >= 4 is 0 Å². The van der Waals surface area contributed by atoms with Gasteiger partial charge in [-0.05, 0) is 31.7 Å². The van der Waals surface area contributed by atoms with Gasteiger partial charge in [0.2, 0.25) is 0 Å². The summed E-state index contributed by atoms with van der Waals surface area (Å²) in [4.78, 5) is 0. The Balaban J connectivity index is 1.98. The van der Waals surface area contributed by atoms with Gasteiger partial charge in [-0.1, -0.05) is 18.2 Å². The summed E-state index contributed by atoms with van der Waals surface area (Å²) in [6.45, 7) is 0. The number of para-hydroxylation sites is 1. The van der Waals surface area contributed by atoms with Gasteiger partial charge < -0.3 is 9.84 Å². The lowest BCUT2D eigenvalue weighted by atomic mass is 9.88. The van der Waals surface area contributed by atoms with E-state index >= 15 is 0 Å². The van der Waals surface area contributed by atoms with Crippen molar-refractivity contribution in [3.05, 3.63) is 29.8 Å². The minimum absolute atomic E-state index is 0.0617. The van der Waals surface area contributed by atoms with Crippen LogP contribution in [0.1, 0.15) is 43.8 Å². The van der Waals surface area contributed by atoms with Gasteiger partial charge in [-0.25, -0.2) is 0 Å². The van der Waals surface area contributed by atoms with Crippen molar-refractivity contribution in [2.75, 3.05) is 0 Å². The first-order chi connectivity index (χ1) is 7.29. The third-order valence-electron chi connectivity index (χ3n) is 3.68. The molecule has 0 aromatic heterocycles. The molecule has 1 fully saturated rings. The van der Waals surface area contributed by atoms with E-state index in [1.54, 1.807) is 0 Å². The van der Waals surface area contributed by atoms with Gasteiger partial charge in [0.25, 0.3) is 0 Å². The Morgan fingerprint density at radius 3 is 2.73 bits per heavy atom. The lowest BCUT2D eigenvalue weighted by Gasteiger charge is -2.38. The summed E-state index contributed by atoms with van der Waals surface area (Å²) in [7, 11) is 0. The molecule has 0 amide bonds. The lowest BCUT2D eigenvalue weighted by molar-refractivity contribution is -0.00936. The molecule has 1 aliphatic carbocycles. The SMILES string of the molecule is O[C@@H]1CC2(CCCC2)Oc2ccccc21. The van der Waals surface area contributed by atoms with Crippen LogP contribution in [0.25, 0.3) is 0 Å². The Labute approximate surface area is 89.9 Å². The average Bonchev–Trinajstić information content (AvgIpc) is 2.66. The Hall–Kier alpha value is -1.02. The largest absolute Gasteiger partial charge is 0.487 e. The fourth-order valence-corrected chi connectivity index (χ4v) is 2.91. The summed E-state index contributed by atoms with van der Waals surface area (Å²) < 4.78 is 6.09. The highest BCUT2D eigenvalue weighted by Gasteiger charge is 2.42. The van der Waals surface area contributed by atoms with Crippen LogP contribution in [0.5, 0.6) is 5.75 Å². The quantitative estimate of drug-likeness (QED) is 0.704. The average molecular weight is 204 g/mol. The fourth-order valence-electron chi connectivity index (χ4n) is 2.91. The van der Waals surface area contributed by atoms with Crippen LogP contribution in [0, 0.1) is 0 Å². The van der Waals surface area contributed by atoms with Crippen molar-refractivity contribution in [3.8, 4) is 5.75 Å². The maximum absolute atomic E-state index is 10.1. The molecule has 1 spiro atoms. The van der Waals surface area contributed by atoms with Gasteiger partial charge in [-0.3, -0.25) is 0 Å². The minimum Gasteiger partial charge on any atom is -0.487 e. The van der Waals surface area contributed by atoms with Crippen LogP contribution in [0.15, 0.2) is 24.3 Å². The summed E-state index contributed by atoms with van der Waals surface area (Å²) >= 11 is 0. The van der Waals surface area contributed by atoms with Crippen molar-refractivity contribution in [2.24, 2.45) is 0 Å². The monoisotopic (exact) mass is 204 g/mol. The maximum atomic E-state index is 10.1. The molecule has 2 nitrogen and oxygen atoms in total. The summed E-state index contributed by atoms with van der Waals surface area (Å²) in [5.74, 6) is 0.887. The van der Waals surface area contributed by atoms with E-state index in [9.17, 15) is 5.11 Å². The number of rotatable bonds is 0. The third-order valence-corrected chi connectivity index (χ3v) is 3.68. The second-order valence-corrected chi connectivity index (χ2v) is 4.75. The van der Waals surface area contributed by atoms with Crippen molar-refractivity contribution in [1.29, 1.82) is 0 Å². The van der Waals surface area contributed by atoms with E-state index < -0.39 is 0 Å². The Bertz CT molecular complexity index is 367. The van der Waals surface area contributed by atoms with E-state index in [0.29, 0.717) is 0 Å². The zero-order valence-corrected chi connectivity index (χ0v) is 8.78. The zero-order chi connectivity index (χ0) is 10.3. The molecule has 2 heteroatoms. The van der Waals surface area contributed by atoms with E-state index in [1.165, 1.54) is 12.8 Å². The molecule has 1 N–H and O–H groups in total. The van der Waals surface area contributed by atoms with Crippen LogP contribution in [-0.2, 0) is 0 Å². The molecule has 80 valence electrons. The van der Waals surface area contributed by atoms with E-state index in [4.69, 9.17) is 4.74 Å². The molecule has 0 unspecified atom stereocenters. The summed E-state index contributed by atoms with van der Waals surface area (Å²) in [6.07, 6.45) is 5.08. The molecule has 15 heavy (non-hydrogen) atoms. The van der Waals surface area contributed by atoms with Gasteiger partial charge in [-0.2, -0.15) is 0 Å². The molecule has 1 heterocycles. The van der Waals surface area contributed by atoms with Crippen LogP contribution in [-0.4, -0.2) is 10.7 Å². The van der Waals surface area contributed by atoms with Gasteiger partial charge >= 0.3 is 0 Å². The van der Waals surface area contributed by atoms with E-state index in [1.807, 2.05) is 24.3 Å². The first-order valence-corrected chi connectivity index (χ1v) is 5.75. The molecule has 1 aromatic carbocycles. The predicted octanol–water partition coefficient (Wildman–Crippen LogP) is 2.82. The number of aliphatic hydroxyl groups is 1. The molecule has 0 saturated heterocycles. The first-order valence-electron chi connectivity index (χ1n) is 5.75. The molecule has 1 atom stereocenters. The van der Waals surface area contributed by atoms with Crippen molar-refractivity contribution in [3.63, 3.8) is 0 Å². The van der Waals surface area contributed by atoms with Crippen molar-refractivity contribution < 1.29 is 9.84 Å². The van der Waals surface area contributed by atoms with Crippen LogP contribution in [0.2, 0.25) is 0 Å². The number of fused-ring (bicyclic) bond motifs is 1. The second kappa shape index (κ2) is 3.24. The van der Waals surface area contributed by atoms with Gasteiger partial charge in [-0.15, -0.1) is 0 Å². The highest BCUT2D eigenvalue weighted by atomic mass is 16.5. The standard InChI is InChI=1S/C13H16O2/c14-11-9-13(7-3-4-8-13)15-12-6-2-1-5-10(11)12/h1-2,5-6,11,14H,3-4,7-9H2/t11-/m1/s1. The Morgan fingerprint density at radius 1 is 1.20 bits per heavy atom. The van der Waals surface area contributed by atoms with Gasteiger partial charge in [0.15, 0.2) is 0 Å². The maximum Gasteiger partial charge on any atom is 0.125 e. The summed E-state index contributed by atoms with van der Waals surface area (Å²) in [5.41, 5.74) is 0.892. The van der Waals surface area contributed by atoms with Crippen molar-refractivity contribution in [2.45, 2.75) is 43.8 Å². The summed E-state index contributed by atoms with van der Waals surface area (Å²) in [5, 5.41) is 10.1. The van der Waals surface area contributed by atoms with E-state index in [2.05, 4.69) is 0 Å². The molecular formula is C13H16O2. The van der Waals surface area contributed by atoms with Crippen LogP contribution < -0.4 is 4.74 Å². The summed E-state index contributed by atoms with van der Waals surface area (Å²) in [6, 6.07) is 7.86. The Morgan fingerprint density at radius 2 is 1.93 bits per heavy atom. The van der Waals surface area contributed by atoms with E-state index in [-0.39, 0.29) is 11.7 Å². The molecule has 0 radical (unpaired) electrons. The number of hydrogen-bond donors (Lipinski definition) is 1. The molecule has 1 aromatic rings. The van der Waals surface area contributed by atoms with E-state index in [0.717, 1.165) is 30.6 Å². The number of ether oxygens (including phenoxy) is 1. The highest BCUT2D eigenvalue weighted by molar-refractivity contribution is 5.38. The molecule has 2 aliphatic rings. The lowest BCUT2D eigenvalue weighted by Crippen LogP contribution is -2.38. The van der Waals surface area contributed by atoms with Crippen LogP contribution in [0.3, 0.4) is 0 Å². The number of hydrogen-bond acceptors (Lipinski definition) is 2.